The molecule has 0 aromatic rings. The van der Waals surface area contributed by atoms with Gasteiger partial charge < -0.3 is 5.11 Å². The third-order valence-corrected chi connectivity index (χ3v) is 1.49. The zero-order valence-electron chi connectivity index (χ0n) is 5.11. The smallest absolute Gasteiger partial charge is 0.251 e. The highest BCUT2D eigenvalue weighted by Crippen LogP contribution is 2.19. The Morgan fingerprint density at radius 2 is 2.33 bits per heavy atom. The molecule has 0 spiro atoms. The van der Waals surface area contributed by atoms with E-state index in [4.69, 9.17) is 10.3 Å². The average Bonchev–Trinajstić information content (AvgIpc) is 1.98. The van der Waals surface area contributed by atoms with Crippen molar-refractivity contribution in [1.82, 2.24) is 5.06 Å². The van der Waals surface area contributed by atoms with Crippen LogP contribution in [0.1, 0.15) is 13.3 Å². The summed E-state index contributed by atoms with van der Waals surface area (Å²) in [6.45, 7) is 1.67. The Balaban J connectivity index is 2.65. The second kappa shape index (κ2) is 1.97. The summed E-state index contributed by atoms with van der Waals surface area (Å²) in [5.41, 5.74) is 0. The van der Waals surface area contributed by atoms with E-state index in [1.165, 1.54) is 0 Å². The third-order valence-electron chi connectivity index (χ3n) is 1.49. The first-order valence-electron chi connectivity index (χ1n) is 2.83. The lowest BCUT2D eigenvalue weighted by Crippen LogP contribution is -2.29. The van der Waals surface area contributed by atoms with Crippen molar-refractivity contribution in [1.29, 1.82) is 0 Å². The van der Waals surface area contributed by atoms with Gasteiger partial charge >= 0.3 is 0 Å². The van der Waals surface area contributed by atoms with Crippen LogP contribution in [0.25, 0.3) is 0 Å². The highest BCUT2D eigenvalue weighted by Gasteiger charge is 2.34. The highest BCUT2D eigenvalue weighted by atomic mass is 16.5. The minimum atomic E-state index is -0.993. The lowest BCUT2D eigenvalue weighted by molar-refractivity contribution is -0.190. The maximum Gasteiger partial charge on any atom is 0.251 e. The quantitative estimate of drug-likeness (QED) is 0.438. The molecule has 1 saturated heterocycles. The molecule has 0 bridgehead atoms. The van der Waals surface area contributed by atoms with E-state index in [2.05, 4.69) is 0 Å². The van der Waals surface area contributed by atoms with Gasteiger partial charge in [-0.15, -0.1) is 0 Å². The first-order valence-corrected chi connectivity index (χ1v) is 2.83. The summed E-state index contributed by atoms with van der Waals surface area (Å²) < 4.78 is 0. The molecule has 1 aliphatic heterocycles. The number of hydrogen-bond acceptors (Lipinski definition) is 3. The number of hydroxylamine groups is 2. The Morgan fingerprint density at radius 1 is 1.78 bits per heavy atom. The van der Waals surface area contributed by atoms with Gasteiger partial charge in [-0.25, -0.2) is 0 Å². The highest BCUT2D eigenvalue weighted by molar-refractivity contribution is 5.79. The summed E-state index contributed by atoms with van der Waals surface area (Å²) >= 11 is 0. The zero-order valence-corrected chi connectivity index (χ0v) is 5.11. The average molecular weight is 131 g/mol. The van der Waals surface area contributed by atoms with Crippen LogP contribution < -0.4 is 0 Å². The molecular formula is C5H9NO3. The molecule has 4 nitrogen and oxygen atoms in total. The summed E-state index contributed by atoms with van der Waals surface area (Å²) in [6, 6.07) is 0. The molecule has 9 heavy (non-hydrogen) atoms. The van der Waals surface area contributed by atoms with Crippen LogP contribution in [0.2, 0.25) is 0 Å². The largest absolute Gasteiger partial charge is 0.371 e. The van der Waals surface area contributed by atoms with Crippen molar-refractivity contribution >= 4 is 5.91 Å². The molecule has 2 atom stereocenters. The van der Waals surface area contributed by atoms with Gasteiger partial charge in [-0.05, 0) is 0 Å². The summed E-state index contributed by atoms with van der Waals surface area (Å²) in [5, 5.41) is 17.8. The lowest BCUT2D eigenvalue weighted by atomic mass is 10.1. The molecule has 0 saturated carbocycles. The minimum absolute atomic E-state index is 0.245. The normalized spacial score (nSPS) is 35.9. The molecule has 1 rings (SSSR count). The first kappa shape index (κ1) is 6.51. The van der Waals surface area contributed by atoms with Crippen LogP contribution in [-0.4, -0.2) is 27.5 Å². The van der Waals surface area contributed by atoms with E-state index in [1.54, 1.807) is 6.92 Å². The standard InChI is InChI=1S/C5H9NO3/c1-3-2-4(7)6(9)5(3)8/h3-4,7,9H,2H2,1H3/t3-,4?/m0/s1. The Labute approximate surface area is 52.7 Å². The van der Waals surface area contributed by atoms with E-state index in [0.29, 0.717) is 11.5 Å². The van der Waals surface area contributed by atoms with Crippen LogP contribution in [0, 0.1) is 5.92 Å². The Bertz CT molecular complexity index is 136. The number of rotatable bonds is 0. The van der Waals surface area contributed by atoms with E-state index < -0.39 is 12.1 Å². The van der Waals surface area contributed by atoms with E-state index >= 15 is 0 Å². The van der Waals surface area contributed by atoms with Gasteiger partial charge in [0, 0.05) is 12.3 Å². The van der Waals surface area contributed by atoms with E-state index in [1.807, 2.05) is 0 Å². The van der Waals surface area contributed by atoms with Crippen molar-refractivity contribution in [3.05, 3.63) is 0 Å². The molecule has 0 aromatic heterocycles. The van der Waals surface area contributed by atoms with Crippen LogP contribution in [0.15, 0.2) is 0 Å². The molecular weight excluding hydrogens is 122 g/mol. The van der Waals surface area contributed by atoms with Gasteiger partial charge in [0.25, 0.3) is 5.91 Å². The molecule has 0 aromatic carbocycles. The molecule has 1 amide bonds. The number of carbonyl (C=O) groups is 1. The zero-order chi connectivity index (χ0) is 7.02. The van der Waals surface area contributed by atoms with Crippen molar-refractivity contribution < 1.29 is 15.1 Å². The number of nitrogens with zero attached hydrogens (tertiary/aromatic N) is 1. The third kappa shape index (κ3) is 0.906. The number of aliphatic hydroxyl groups excluding tert-OH is 1. The van der Waals surface area contributed by atoms with Gasteiger partial charge in [-0.2, -0.15) is 5.06 Å². The van der Waals surface area contributed by atoms with Crippen LogP contribution >= 0.6 is 0 Å². The fourth-order valence-corrected chi connectivity index (χ4v) is 0.890. The summed E-state index contributed by atoms with van der Waals surface area (Å²) in [4.78, 5) is 10.6. The Kier molecular flexibility index (Phi) is 1.42. The van der Waals surface area contributed by atoms with Crippen LogP contribution in [-0.2, 0) is 4.79 Å². The van der Waals surface area contributed by atoms with Gasteiger partial charge in [0.1, 0.15) is 0 Å². The Morgan fingerprint density at radius 3 is 2.44 bits per heavy atom. The number of hydrogen-bond donors (Lipinski definition) is 2. The molecule has 1 aliphatic rings. The monoisotopic (exact) mass is 131 g/mol. The molecule has 4 heteroatoms. The second-order valence-corrected chi connectivity index (χ2v) is 2.30. The topological polar surface area (TPSA) is 60.8 Å². The van der Waals surface area contributed by atoms with Gasteiger partial charge in [0.2, 0.25) is 0 Å². The lowest BCUT2D eigenvalue weighted by Gasteiger charge is -2.09. The fourth-order valence-electron chi connectivity index (χ4n) is 0.890. The summed E-state index contributed by atoms with van der Waals surface area (Å²) in [7, 11) is 0. The second-order valence-electron chi connectivity index (χ2n) is 2.30. The number of carbonyl (C=O) groups excluding carboxylic acids is 1. The Hall–Kier alpha value is -0.610. The van der Waals surface area contributed by atoms with E-state index in [0.717, 1.165) is 0 Å². The van der Waals surface area contributed by atoms with Crippen molar-refractivity contribution in [2.45, 2.75) is 19.6 Å². The van der Waals surface area contributed by atoms with Gasteiger partial charge in [-0.3, -0.25) is 10.0 Å². The van der Waals surface area contributed by atoms with Crippen molar-refractivity contribution in [2.24, 2.45) is 5.92 Å². The number of amides is 1. The molecule has 0 aliphatic carbocycles. The summed E-state index contributed by atoms with van der Waals surface area (Å²) in [6.07, 6.45) is -0.664. The van der Waals surface area contributed by atoms with Gasteiger partial charge in [0.05, 0.1) is 0 Å². The van der Waals surface area contributed by atoms with Crippen LogP contribution in [0.5, 0.6) is 0 Å². The minimum Gasteiger partial charge on any atom is -0.371 e. The fraction of sp³-hybridized carbons (Fsp3) is 0.800. The molecule has 2 N–H and O–H groups in total. The van der Waals surface area contributed by atoms with Crippen LogP contribution in [0.4, 0.5) is 0 Å². The van der Waals surface area contributed by atoms with Crippen LogP contribution in [0.3, 0.4) is 0 Å². The van der Waals surface area contributed by atoms with Gasteiger partial charge in [-0.1, -0.05) is 6.92 Å². The van der Waals surface area contributed by atoms with E-state index in [-0.39, 0.29) is 5.92 Å². The molecule has 52 valence electrons. The van der Waals surface area contributed by atoms with E-state index in [9.17, 15) is 4.79 Å². The molecule has 0 radical (unpaired) electrons. The predicted molar refractivity (Wildman–Crippen MR) is 28.4 cm³/mol. The van der Waals surface area contributed by atoms with Crippen molar-refractivity contribution in [3.63, 3.8) is 0 Å². The molecule has 1 heterocycles. The first-order chi connectivity index (χ1) is 4.13. The van der Waals surface area contributed by atoms with Crippen molar-refractivity contribution in [3.8, 4) is 0 Å². The van der Waals surface area contributed by atoms with Gasteiger partial charge in [0.15, 0.2) is 6.23 Å². The maximum absolute atomic E-state index is 10.6. The molecule has 1 fully saturated rings. The van der Waals surface area contributed by atoms with Crippen molar-refractivity contribution in [2.75, 3.05) is 0 Å². The predicted octanol–water partition coefficient (Wildman–Crippen LogP) is -0.438. The number of aliphatic hydroxyl groups is 1. The maximum atomic E-state index is 10.6. The summed E-state index contributed by atoms with van der Waals surface area (Å²) in [5.74, 6) is -0.646. The SMILES string of the molecule is C[C@H]1CC(O)N(O)C1=O. The molecule has 1 unspecified atom stereocenters.